The van der Waals surface area contributed by atoms with Gasteiger partial charge in [-0.1, -0.05) is 72.4 Å². The van der Waals surface area contributed by atoms with E-state index in [4.69, 9.17) is 4.43 Å². The van der Waals surface area contributed by atoms with Gasteiger partial charge in [0, 0.05) is 12.2 Å². The Balaban J connectivity index is 2.52. The molecule has 0 atom stereocenters. The number of aryl methyl sites for hydroxylation is 2. The predicted molar refractivity (Wildman–Crippen MR) is 115 cm³/mol. The maximum atomic E-state index is 12.5. The summed E-state index contributed by atoms with van der Waals surface area (Å²) in [6, 6.07) is 7.89. The largest absolute Gasteiger partial charge is 0.416 e. The van der Waals surface area contributed by atoms with Gasteiger partial charge in [-0.15, -0.1) is 0 Å². The Morgan fingerprint density at radius 3 is 1.71 bits per heavy atom. The molecule has 0 aliphatic heterocycles. The Kier molecular flexibility index (Phi) is 9.48. The van der Waals surface area contributed by atoms with Crippen LogP contribution in [0.4, 0.5) is 13.2 Å². The first-order valence-corrected chi connectivity index (χ1v) is 12.5. The molecule has 0 aliphatic carbocycles. The summed E-state index contributed by atoms with van der Waals surface area (Å²) in [5, 5.41) is 0. The van der Waals surface area contributed by atoms with Crippen LogP contribution in [0.25, 0.3) is 0 Å². The number of rotatable bonds is 11. The number of halogens is 3. The van der Waals surface area contributed by atoms with E-state index in [0.717, 1.165) is 25.0 Å². The number of benzene rings is 1. The number of hydrogen-bond donors (Lipinski definition) is 0. The summed E-state index contributed by atoms with van der Waals surface area (Å²) in [5.74, 6) is 0. The zero-order valence-electron chi connectivity index (χ0n) is 18.3. The van der Waals surface area contributed by atoms with Crippen LogP contribution in [0.2, 0.25) is 16.6 Å². The summed E-state index contributed by atoms with van der Waals surface area (Å²) in [7, 11) is -1.81. The zero-order valence-corrected chi connectivity index (χ0v) is 19.3. The molecule has 0 aromatic heterocycles. The predicted octanol–water partition coefficient (Wildman–Crippen LogP) is 7.86. The van der Waals surface area contributed by atoms with Crippen molar-refractivity contribution in [2.24, 2.45) is 0 Å². The van der Waals surface area contributed by atoms with E-state index in [1.165, 1.54) is 5.56 Å². The Labute approximate surface area is 170 Å². The monoisotopic (exact) mass is 414 g/mol. The van der Waals surface area contributed by atoms with Crippen molar-refractivity contribution in [2.45, 2.75) is 90.0 Å². The van der Waals surface area contributed by atoms with E-state index in [0.29, 0.717) is 23.0 Å². The highest BCUT2D eigenvalue weighted by molar-refractivity contribution is 6.77. The molecule has 0 heterocycles. The van der Waals surface area contributed by atoms with Crippen LogP contribution in [0, 0.1) is 0 Å². The van der Waals surface area contributed by atoms with Crippen LogP contribution in [0.5, 0.6) is 0 Å². The van der Waals surface area contributed by atoms with Crippen LogP contribution < -0.4 is 0 Å². The van der Waals surface area contributed by atoms with E-state index in [1.54, 1.807) is 0 Å². The molecule has 0 bridgehead atoms. The highest BCUT2D eigenvalue weighted by Crippen LogP contribution is 2.42. The van der Waals surface area contributed by atoms with Gasteiger partial charge in [-0.05, 0) is 53.4 Å². The zero-order chi connectivity index (χ0) is 21.5. The fourth-order valence-corrected chi connectivity index (χ4v) is 9.83. The molecule has 0 fully saturated rings. The van der Waals surface area contributed by atoms with Crippen molar-refractivity contribution in [2.75, 3.05) is 6.61 Å². The molecule has 0 saturated carbocycles. The molecule has 1 rings (SSSR count). The van der Waals surface area contributed by atoms with E-state index in [-0.39, 0.29) is 6.42 Å². The number of hydrogen-bond acceptors (Lipinski definition) is 1. The molecule has 0 aliphatic rings. The first-order valence-electron chi connectivity index (χ1n) is 10.4. The lowest BCUT2D eigenvalue weighted by Crippen LogP contribution is -2.48. The third kappa shape index (κ3) is 6.77. The third-order valence-corrected chi connectivity index (χ3v) is 11.9. The maximum absolute atomic E-state index is 12.5. The molecule has 0 amide bonds. The van der Waals surface area contributed by atoms with Gasteiger partial charge in [0.15, 0.2) is 8.32 Å². The van der Waals surface area contributed by atoms with Crippen LogP contribution in [-0.4, -0.2) is 21.1 Å². The quantitative estimate of drug-likeness (QED) is 0.203. The van der Waals surface area contributed by atoms with Gasteiger partial charge in [0.25, 0.3) is 0 Å². The average Bonchev–Trinajstić information content (AvgIpc) is 2.58. The normalized spacial score (nSPS) is 13.0. The maximum Gasteiger partial charge on any atom is 0.412 e. The number of allylic oxidation sites excluding steroid dienone is 1. The van der Waals surface area contributed by atoms with E-state index in [1.807, 2.05) is 24.3 Å². The Morgan fingerprint density at radius 1 is 0.893 bits per heavy atom. The van der Waals surface area contributed by atoms with Gasteiger partial charge in [0.2, 0.25) is 0 Å². The minimum Gasteiger partial charge on any atom is -0.416 e. The SMILES string of the molecule is C=C(CCc1ccc(CCCO[Si](C(C)C)(C(C)C)C(C)C)cc1)C(F)(F)F. The van der Waals surface area contributed by atoms with Gasteiger partial charge >= 0.3 is 6.18 Å². The van der Waals surface area contributed by atoms with Gasteiger partial charge in [0.1, 0.15) is 0 Å². The van der Waals surface area contributed by atoms with Crippen molar-refractivity contribution in [3.8, 4) is 0 Å². The molecule has 1 aromatic carbocycles. The summed E-state index contributed by atoms with van der Waals surface area (Å²) in [5.41, 5.74) is 3.20. The number of alkyl halides is 3. The standard InChI is InChI=1S/C23H37F3OSi/c1-17(2)28(18(3)4,19(5)6)27-16-8-9-21-12-14-22(15-13-21)11-10-20(7)23(24,25)26/h12-15,17-19H,7-11,16H2,1-6H3. The molecule has 5 heteroatoms. The molecule has 0 N–H and O–H groups in total. The lowest BCUT2D eigenvalue weighted by Gasteiger charge is -2.42. The minimum atomic E-state index is -4.29. The third-order valence-electron chi connectivity index (χ3n) is 5.81. The second kappa shape index (κ2) is 10.6. The smallest absolute Gasteiger partial charge is 0.412 e. The molecule has 0 radical (unpaired) electrons. The van der Waals surface area contributed by atoms with Gasteiger partial charge in [-0.25, -0.2) is 0 Å². The Morgan fingerprint density at radius 2 is 1.32 bits per heavy atom. The lowest BCUT2D eigenvalue weighted by atomic mass is 10.0. The molecular weight excluding hydrogens is 377 g/mol. The van der Waals surface area contributed by atoms with Crippen molar-refractivity contribution in [1.82, 2.24) is 0 Å². The molecule has 28 heavy (non-hydrogen) atoms. The van der Waals surface area contributed by atoms with Crippen LogP contribution in [0.3, 0.4) is 0 Å². The fourth-order valence-electron chi connectivity index (χ4n) is 4.33. The van der Waals surface area contributed by atoms with Crippen LogP contribution in [0.15, 0.2) is 36.4 Å². The van der Waals surface area contributed by atoms with Gasteiger partial charge in [-0.3, -0.25) is 0 Å². The van der Waals surface area contributed by atoms with Crippen molar-refractivity contribution >= 4 is 8.32 Å². The molecule has 0 spiro atoms. The summed E-state index contributed by atoms with van der Waals surface area (Å²) < 4.78 is 44.1. The summed E-state index contributed by atoms with van der Waals surface area (Å²) in [6.07, 6.45) is -2.09. The lowest BCUT2D eigenvalue weighted by molar-refractivity contribution is -0.0935. The molecule has 160 valence electrons. The van der Waals surface area contributed by atoms with E-state index in [2.05, 4.69) is 48.1 Å². The van der Waals surface area contributed by atoms with Crippen molar-refractivity contribution in [1.29, 1.82) is 0 Å². The molecule has 1 aromatic rings. The van der Waals surface area contributed by atoms with Crippen LogP contribution >= 0.6 is 0 Å². The average molecular weight is 415 g/mol. The first-order chi connectivity index (χ1) is 12.9. The topological polar surface area (TPSA) is 9.23 Å². The van der Waals surface area contributed by atoms with E-state index >= 15 is 0 Å². The fraction of sp³-hybridized carbons (Fsp3) is 0.652. The van der Waals surface area contributed by atoms with Gasteiger partial charge in [-0.2, -0.15) is 13.2 Å². The van der Waals surface area contributed by atoms with Crippen molar-refractivity contribution in [3.05, 3.63) is 47.5 Å². The highest BCUT2D eigenvalue weighted by Gasteiger charge is 2.44. The van der Waals surface area contributed by atoms with Gasteiger partial charge < -0.3 is 4.43 Å². The van der Waals surface area contributed by atoms with Crippen molar-refractivity contribution < 1.29 is 17.6 Å². The Hall–Kier alpha value is -1.07. The summed E-state index contributed by atoms with van der Waals surface area (Å²) in [6.45, 7) is 17.6. The summed E-state index contributed by atoms with van der Waals surface area (Å²) >= 11 is 0. The summed E-state index contributed by atoms with van der Waals surface area (Å²) in [4.78, 5) is 0. The van der Waals surface area contributed by atoms with Crippen LogP contribution in [0.1, 0.15) is 65.5 Å². The van der Waals surface area contributed by atoms with Crippen molar-refractivity contribution in [3.63, 3.8) is 0 Å². The van der Waals surface area contributed by atoms with Crippen LogP contribution in [-0.2, 0) is 17.3 Å². The molecule has 0 unspecified atom stereocenters. The molecular formula is C23H37F3OSi. The Bertz CT molecular complexity index is 581. The molecule has 1 nitrogen and oxygen atoms in total. The highest BCUT2D eigenvalue weighted by atomic mass is 28.4. The first kappa shape index (κ1) is 25.0. The van der Waals surface area contributed by atoms with Gasteiger partial charge in [0.05, 0.1) is 0 Å². The molecule has 0 saturated heterocycles. The van der Waals surface area contributed by atoms with E-state index in [9.17, 15) is 13.2 Å². The van der Waals surface area contributed by atoms with E-state index < -0.39 is 20.1 Å². The minimum absolute atomic E-state index is 0.0526. The second-order valence-electron chi connectivity index (χ2n) is 8.69. The second-order valence-corrected chi connectivity index (χ2v) is 14.1.